The van der Waals surface area contributed by atoms with Crippen molar-refractivity contribution in [1.82, 2.24) is 24.8 Å². The van der Waals surface area contributed by atoms with E-state index in [2.05, 4.69) is 39.0 Å². The smallest absolute Gasteiger partial charge is 0.137 e. The predicted octanol–water partition coefficient (Wildman–Crippen LogP) is 2.86. The molecule has 4 rings (SSSR count). The van der Waals surface area contributed by atoms with E-state index in [9.17, 15) is 0 Å². The summed E-state index contributed by atoms with van der Waals surface area (Å²) in [4.78, 5) is 19.3. The second-order valence-corrected chi connectivity index (χ2v) is 6.18. The van der Waals surface area contributed by atoms with Crippen molar-refractivity contribution < 1.29 is 0 Å². The monoisotopic (exact) mass is 307 g/mol. The summed E-state index contributed by atoms with van der Waals surface area (Å²) in [6.45, 7) is 5.07. The lowest BCUT2D eigenvalue weighted by Crippen LogP contribution is -2.31. The first-order chi connectivity index (χ1) is 11.3. The Morgan fingerprint density at radius 1 is 1.30 bits per heavy atom. The summed E-state index contributed by atoms with van der Waals surface area (Å²) in [5.41, 5.74) is 4.78. The summed E-state index contributed by atoms with van der Waals surface area (Å²) in [7, 11) is 0. The minimum atomic E-state index is 0.925. The van der Waals surface area contributed by atoms with Gasteiger partial charge in [0.15, 0.2) is 0 Å². The lowest BCUT2D eigenvalue weighted by atomic mass is 10.1. The average molecular weight is 307 g/mol. The van der Waals surface area contributed by atoms with E-state index in [1.807, 2.05) is 18.5 Å². The number of aryl methyl sites for hydroxylation is 1. The second kappa shape index (κ2) is 6.08. The fraction of sp³-hybridized carbons (Fsp3) is 0.389. The molecule has 1 N–H and O–H groups in total. The summed E-state index contributed by atoms with van der Waals surface area (Å²) < 4.78 is 0. The molecule has 0 bridgehead atoms. The van der Waals surface area contributed by atoms with Crippen LogP contribution in [0.2, 0.25) is 0 Å². The molecule has 1 aliphatic heterocycles. The van der Waals surface area contributed by atoms with Crippen LogP contribution in [-0.2, 0) is 25.9 Å². The predicted molar refractivity (Wildman–Crippen MR) is 89.9 cm³/mol. The topological polar surface area (TPSA) is 57.7 Å². The Balaban J connectivity index is 1.52. The van der Waals surface area contributed by atoms with Gasteiger partial charge in [-0.1, -0.05) is 6.92 Å². The maximum atomic E-state index is 4.73. The van der Waals surface area contributed by atoms with Crippen molar-refractivity contribution in [3.05, 3.63) is 53.4 Å². The molecule has 23 heavy (non-hydrogen) atoms. The number of nitrogens with one attached hydrogen (secondary N) is 1. The highest BCUT2D eigenvalue weighted by Gasteiger charge is 2.19. The molecule has 0 aromatic carbocycles. The molecule has 0 amide bonds. The van der Waals surface area contributed by atoms with E-state index in [1.165, 1.54) is 22.2 Å². The SMILES string of the molecule is CCCc1ncc2c(n1)CCN(Cc1c[nH]c3ncccc13)C2. The standard InChI is InChI=1S/C18H21N5/c1-2-4-17-20-10-14-12-23(8-6-16(14)22-17)11-13-9-21-18-15(13)5-3-7-19-18/h3,5,7,9-10H,2,4,6,8,11-12H2,1H3,(H,19,21). The Hall–Kier alpha value is -2.27. The fourth-order valence-electron chi connectivity index (χ4n) is 3.28. The van der Waals surface area contributed by atoms with E-state index in [-0.39, 0.29) is 0 Å². The minimum absolute atomic E-state index is 0.925. The molecule has 3 aromatic heterocycles. The van der Waals surface area contributed by atoms with Gasteiger partial charge in [-0.25, -0.2) is 15.0 Å². The quantitative estimate of drug-likeness (QED) is 0.805. The highest BCUT2D eigenvalue weighted by Crippen LogP contribution is 2.22. The number of fused-ring (bicyclic) bond motifs is 2. The molecule has 0 radical (unpaired) electrons. The first-order valence-electron chi connectivity index (χ1n) is 8.30. The average Bonchev–Trinajstić information content (AvgIpc) is 2.98. The molecule has 0 unspecified atom stereocenters. The Morgan fingerprint density at radius 2 is 2.26 bits per heavy atom. The first kappa shape index (κ1) is 14.3. The number of hydrogen-bond acceptors (Lipinski definition) is 4. The van der Waals surface area contributed by atoms with Crippen LogP contribution in [0.5, 0.6) is 0 Å². The van der Waals surface area contributed by atoms with Crippen LogP contribution >= 0.6 is 0 Å². The molecule has 5 heteroatoms. The molecule has 0 saturated heterocycles. The lowest BCUT2D eigenvalue weighted by Gasteiger charge is -2.27. The summed E-state index contributed by atoms with van der Waals surface area (Å²) >= 11 is 0. The van der Waals surface area contributed by atoms with E-state index in [0.29, 0.717) is 0 Å². The van der Waals surface area contributed by atoms with Crippen LogP contribution in [0.4, 0.5) is 0 Å². The van der Waals surface area contributed by atoms with E-state index in [1.54, 1.807) is 0 Å². The number of aromatic nitrogens is 4. The van der Waals surface area contributed by atoms with Gasteiger partial charge in [0.1, 0.15) is 11.5 Å². The van der Waals surface area contributed by atoms with Gasteiger partial charge < -0.3 is 4.98 Å². The van der Waals surface area contributed by atoms with Crippen molar-refractivity contribution in [2.24, 2.45) is 0 Å². The number of H-pyrrole nitrogens is 1. The molecular weight excluding hydrogens is 286 g/mol. The number of aromatic amines is 1. The van der Waals surface area contributed by atoms with Crippen LogP contribution in [0.25, 0.3) is 11.0 Å². The number of nitrogens with zero attached hydrogens (tertiary/aromatic N) is 4. The van der Waals surface area contributed by atoms with Crippen molar-refractivity contribution in [3.8, 4) is 0 Å². The molecule has 0 aliphatic carbocycles. The van der Waals surface area contributed by atoms with Crippen molar-refractivity contribution in [2.45, 2.75) is 39.3 Å². The third-order valence-corrected chi connectivity index (χ3v) is 4.47. The highest BCUT2D eigenvalue weighted by molar-refractivity contribution is 5.79. The zero-order valence-corrected chi connectivity index (χ0v) is 13.4. The Kier molecular flexibility index (Phi) is 3.79. The van der Waals surface area contributed by atoms with Crippen LogP contribution in [0.15, 0.2) is 30.7 Å². The number of pyridine rings is 1. The molecule has 0 atom stereocenters. The minimum Gasteiger partial charge on any atom is -0.346 e. The van der Waals surface area contributed by atoms with Gasteiger partial charge in [0.2, 0.25) is 0 Å². The first-order valence-corrected chi connectivity index (χ1v) is 8.30. The molecular formula is C18H21N5. The Labute approximate surface area is 135 Å². The zero-order chi connectivity index (χ0) is 15.6. The maximum absolute atomic E-state index is 4.73. The van der Waals surface area contributed by atoms with E-state index >= 15 is 0 Å². The lowest BCUT2D eigenvalue weighted by molar-refractivity contribution is 0.243. The summed E-state index contributed by atoms with van der Waals surface area (Å²) in [5.74, 6) is 0.988. The maximum Gasteiger partial charge on any atom is 0.137 e. The summed E-state index contributed by atoms with van der Waals surface area (Å²) in [6, 6.07) is 4.13. The van der Waals surface area contributed by atoms with Crippen molar-refractivity contribution in [3.63, 3.8) is 0 Å². The molecule has 1 aliphatic rings. The Bertz CT molecular complexity index is 823. The van der Waals surface area contributed by atoms with Crippen molar-refractivity contribution >= 4 is 11.0 Å². The van der Waals surface area contributed by atoms with Gasteiger partial charge in [-0.15, -0.1) is 0 Å². The van der Waals surface area contributed by atoms with Crippen LogP contribution in [0, 0.1) is 0 Å². The van der Waals surface area contributed by atoms with Crippen LogP contribution in [0.3, 0.4) is 0 Å². The van der Waals surface area contributed by atoms with E-state index in [4.69, 9.17) is 4.98 Å². The fourth-order valence-corrected chi connectivity index (χ4v) is 3.28. The highest BCUT2D eigenvalue weighted by atomic mass is 15.1. The van der Waals surface area contributed by atoms with Gasteiger partial charge in [-0.3, -0.25) is 4.90 Å². The Morgan fingerprint density at radius 3 is 3.17 bits per heavy atom. The third kappa shape index (κ3) is 2.84. The molecule has 118 valence electrons. The molecule has 0 spiro atoms. The number of rotatable bonds is 4. The second-order valence-electron chi connectivity index (χ2n) is 6.18. The zero-order valence-electron chi connectivity index (χ0n) is 13.4. The molecule has 5 nitrogen and oxygen atoms in total. The molecule has 0 saturated carbocycles. The van der Waals surface area contributed by atoms with Crippen LogP contribution in [0.1, 0.15) is 36.0 Å². The normalized spacial score (nSPS) is 15.0. The van der Waals surface area contributed by atoms with E-state index in [0.717, 1.165) is 50.4 Å². The van der Waals surface area contributed by atoms with Crippen molar-refractivity contribution in [2.75, 3.05) is 6.54 Å². The van der Waals surface area contributed by atoms with E-state index < -0.39 is 0 Å². The van der Waals surface area contributed by atoms with Gasteiger partial charge >= 0.3 is 0 Å². The molecule has 3 aromatic rings. The largest absolute Gasteiger partial charge is 0.346 e. The van der Waals surface area contributed by atoms with Gasteiger partial charge in [0, 0.05) is 67.7 Å². The molecule has 0 fully saturated rings. The van der Waals surface area contributed by atoms with Gasteiger partial charge in [0.05, 0.1) is 0 Å². The summed E-state index contributed by atoms with van der Waals surface area (Å²) in [6.07, 6.45) is 9.00. The summed E-state index contributed by atoms with van der Waals surface area (Å²) in [5, 5.41) is 1.22. The van der Waals surface area contributed by atoms with Gasteiger partial charge in [-0.2, -0.15) is 0 Å². The number of hydrogen-bond donors (Lipinski definition) is 1. The molecule has 4 heterocycles. The van der Waals surface area contributed by atoms with Gasteiger partial charge in [-0.05, 0) is 24.1 Å². The van der Waals surface area contributed by atoms with Crippen LogP contribution in [-0.4, -0.2) is 31.4 Å². The van der Waals surface area contributed by atoms with Crippen LogP contribution < -0.4 is 0 Å². The van der Waals surface area contributed by atoms with Gasteiger partial charge in [0.25, 0.3) is 0 Å². The third-order valence-electron chi connectivity index (χ3n) is 4.47. The van der Waals surface area contributed by atoms with Crippen molar-refractivity contribution in [1.29, 1.82) is 0 Å².